The maximum Gasteiger partial charge on any atom is 0.322 e. The molecule has 6 nitrogen and oxygen atoms in total. The van der Waals surface area contributed by atoms with Crippen LogP contribution in [0.3, 0.4) is 0 Å². The molecular formula is C23H15F3N2O4S2. The number of hydrogen-bond acceptors (Lipinski definition) is 4. The van der Waals surface area contributed by atoms with E-state index in [2.05, 4.69) is 21.5 Å². The SMILES string of the molecule is O=C(O)[C@@H](Cc1c[nH]c2cc(F)c(F)cc12)NS(=O)(=O)c1ccc(C#Cc2ccc(F)cc2)s1. The van der Waals surface area contributed by atoms with Gasteiger partial charge in [0.1, 0.15) is 16.1 Å². The third kappa shape index (κ3) is 5.14. The summed E-state index contributed by atoms with van der Waals surface area (Å²) in [4.78, 5) is 14.9. The van der Waals surface area contributed by atoms with Crippen molar-refractivity contribution in [2.75, 3.05) is 0 Å². The summed E-state index contributed by atoms with van der Waals surface area (Å²) in [7, 11) is -4.22. The molecule has 0 saturated heterocycles. The molecule has 0 aliphatic carbocycles. The second-order valence-electron chi connectivity index (χ2n) is 7.22. The minimum absolute atomic E-state index is 0.144. The number of rotatable bonds is 6. The second-order valence-corrected chi connectivity index (χ2v) is 10.2. The Bertz CT molecular complexity index is 1550. The van der Waals surface area contributed by atoms with E-state index in [1.165, 1.54) is 42.6 Å². The van der Waals surface area contributed by atoms with Gasteiger partial charge in [-0.05, 0) is 48.0 Å². The van der Waals surface area contributed by atoms with Gasteiger partial charge < -0.3 is 10.1 Å². The van der Waals surface area contributed by atoms with Gasteiger partial charge in [0.15, 0.2) is 11.6 Å². The van der Waals surface area contributed by atoms with Crippen molar-refractivity contribution in [2.45, 2.75) is 16.7 Å². The number of halogens is 3. The van der Waals surface area contributed by atoms with E-state index < -0.39 is 39.5 Å². The highest BCUT2D eigenvalue weighted by molar-refractivity contribution is 7.91. The van der Waals surface area contributed by atoms with Gasteiger partial charge in [-0.3, -0.25) is 4.79 Å². The summed E-state index contributed by atoms with van der Waals surface area (Å²) in [5.41, 5.74) is 1.10. The van der Waals surface area contributed by atoms with Crippen LogP contribution >= 0.6 is 11.3 Å². The topological polar surface area (TPSA) is 99.3 Å². The van der Waals surface area contributed by atoms with Gasteiger partial charge in [-0.2, -0.15) is 4.72 Å². The second kappa shape index (κ2) is 9.34. The van der Waals surface area contributed by atoms with Gasteiger partial charge in [-0.25, -0.2) is 21.6 Å². The van der Waals surface area contributed by atoms with Gasteiger partial charge in [0.25, 0.3) is 10.0 Å². The summed E-state index contributed by atoms with van der Waals surface area (Å²) in [6, 6.07) is 8.55. The van der Waals surface area contributed by atoms with Crippen molar-refractivity contribution in [3.63, 3.8) is 0 Å². The first-order chi connectivity index (χ1) is 16.1. The molecule has 0 saturated carbocycles. The van der Waals surface area contributed by atoms with Gasteiger partial charge in [-0.15, -0.1) is 11.3 Å². The Morgan fingerprint density at radius 1 is 1.06 bits per heavy atom. The zero-order valence-corrected chi connectivity index (χ0v) is 18.7. The molecule has 4 aromatic rings. The first-order valence-electron chi connectivity index (χ1n) is 9.70. The molecule has 11 heteroatoms. The normalized spacial score (nSPS) is 12.3. The van der Waals surface area contributed by atoms with Crippen molar-refractivity contribution < 1.29 is 31.5 Å². The lowest BCUT2D eigenvalue weighted by atomic mass is 10.1. The predicted octanol–water partition coefficient (Wildman–Crippen LogP) is 4.02. The number of carboxylic acid groups (broad SMARTS) is 1. The molecule has 174 valence electrons. The van der Waals surface area contributed by atoms with E-state index in [1.54, 1.807) is 0 Å². The van der Waals surface area contributed by atoms with Crippen LogP contribution in [0.4, 0.5) is 13.2 Å². The molecule has 0 amide bonds. The Balaban J connectivity index is 1.54. The number of aromatic amines is 1. The number of H-pyrrole nitrogens is 1. The molecule has 1 atom stereocenters. The Kier molecular flexibility index (Phi) is 6.47. The number of benzene rings is 2. The van der Waals surface area contributed by atoms with Crippen LogP contribution in [-0.4, -0.2) is 30.5 Å². The summed E-state index contributed by atoms with van der Waals surface area (Å²) in [6.07, 6.45) is 1.07. The maximum atomic E-state index is 13.6. The molecule has 2 heterocycles. The highest BCUT2D eigenvalue weighted by atomic mass is 32.2. The van der Waals surface area contributed by atoms with Crippen molar-refractivity contribution in [2.24, 2.45) is 0 Å². The molecule has 0 spiro atoms. The minimum Gasteiger partial charge on any atom is -0.480 e. The van der Waals surface area contributed by atoms with Crippen LogP contribution in [0.5, 0.6) is 0 Å². The summed E-state index contributed by atoms with van der Waals surface area (Å²) in [5.74, 6) is 1.57. The van der Waals surface area contributed by atoms with E-state index in [-0.39, 0.29) is 21.5 Å². The van der Waals surface area contributed by atoms with E-state index >= 15 is 0 Å². The molecule has 2 aromatic heterocycles. The van der Waals surface area contributed by atoms with Crippen molar-refractivity contribution in [3.8, 4) is 11.8 Å². The van der Waals surface area contributed by atoms with E-state index in [1.807, 2.05) is 0 Å². The maximum absolute atomic E-state index is 13.6. The van der Waals surface area contributed by atoms with Crippen LogP contribution in [0.25, 0.3) is 10.9 Å². The molecule has 34 heavy (non-hydrogen) atoms. The lowest BCUT2D eigenvalue weighted by molar-refractivity contribution is -0.138. The number of fused-ring (bicyclic) bond motifs is 1. The van der Waals surface area contributed by atoms with Gasteiger partial charge in [0.2, 0.25) is 0 Å². The predicted molar refractivity (Wildman–Crippen MR) is 120 cm³/mol. The number of thiophene rings is 1. The number of aliphatic carboxylic acids is 1. The standard InChI is InChI=1S/C23H15F3N2O4S2/c24-15-4-1-13(2-5-15)3-6-16-7-8-22(33-16)34(31,32)28-21(23(29)30)9-14-12-27-20-11-19(26)18(25)10-17(14)20/h1-2,4-5,7-8,10-12,21,27-28H,9H2,(H,29,30)/t21-/m1/s1. The van der Waals surface area contributed by atoms with Crippen LogP contribution in [0.1, 0.15) is 16.0 Å². The summed E-state index contributed by atoms with van der Waals surface area (Å²) in [5, 5.41) is 9.82. The molecule has 3 N–H and O–H groups in total. The lowest BCUT2D eigenvalue weighted by Gasteiger charge is -2.13. The van der Waals surface area contributed by atoms with Crippen molar-refractivity contribution in [1.29, 1.82) is 0 Å². The Labute approximate surface area is 196 Å². The van der Waals surface area contributed by atoms with Gasteiger partial charge >= 0.3 is 5.97 Å². The Hall–Kier alpha value is -3.59. The average molecular weight is 505 g/mol. The number of sulfonamides is 1. The molecule has 0 fully saturated rings. The molecule has 4 rings (SSSR count). The quantitative estimate of drug-likeness (QED) is 0.346. The number of carboxylic acids is 1. The first kappa shape index (κ1) is 23.6. The smallest absolute Gasteiger partial charge is 0.322 e. The van der Waals surface area contributed by atoms with Crippen molar-refractivity contribution in [1.82, 2.24) is 9.71 Å². The van der Waals surface area contributed by atoms with E-state index in [0.717, 1.165) is 23.5 Å². The highest BCUT2D eigenvalue weighted by Crippen LogP contribution is 2.25. The van der Waals surface area contributed by atoms with E-state index in [4.69, 9.17) is 0 Å². The first-order valence-corrected chi connectivity index (χ1v) is 12.0. The molecule has 0 unspecified atom stereocenters. The summed E-state index contributed by atoms with van der Waals surface area (Å²) < 4.78 is 67.6. The Morgan fingerprint density at radius 3 is 2.47 bits per heavy atom. The number of nitrogens with one attached hydrogen (secondary N) is 2. The van der Waals surface area contributed by atoms with Crippen LogP contribution in [-0.2, 0) is 21.2 Å². The zero-order valence-electron chi connectivity index (χ0n) is 17.1. The number of aromatic nitrogens is 1. The van der Waals surface area contributed by atoms with E-state index in [9.17, 15) is 31.5 Å². The van der Waals surface area contributed by atoms with Crippen molar-refractivity contribution in [3.05, 3.63) is 88.2 Å². The Morgan fingerprint density at radius 2 is 1.76 bits per heavy atom. The largest absolute Gasteiger partial charge is 0.480 e. The van der Waals surface area contributed by atoms with Crippen molar-refractivity contribution >= 4 is 38.2 Å². The average Bonchev–Trinajstić information content (AvgIpc) is 3.41. The molecule has 0 aliphatic heterocycles. The molecule has 2 aromatic carbocycles. The number of carbonyl (C=O) groups is 1. The van der Waals surface area contributed by atoms with Gasteiger partial charge in [0.05, 0.1) is 4.88 Å². The van der Waals surface area contributed by atoms with Crippen LogP contribution in [0.15, 0.2) is 58.9 Å². The molecular weight excluding hydrogens is 489 g/mol. The molecule has 0 bridgehead atoms. The van der Waals surface area contributed by atoms with Crippen LogP contribution in [0, 0.1) is 29.3 Å². The fourth-order valence-electron chi connectivity index (χ4n) is 3.19. The van der Waals surface area contributed by atoms with Gasteiger partial charge in [0, 0.05) is 35.2 Å². The fraction of sp³-hybridized carbons (Fsp3) is 0.0870. The summed E-state index contributed by atoms with van der Waals surface area (Å²) >= 11 is 0.841. The van der Waals surface area contributed by atoms with E-state index in [0.29, 0.717) is 16.0 Å². The molecule has 0 radical (unpaired) electrons. The van der Waals surface area contributed by atoms with Crippen LogP contribution < -0.4 is 4.72 Å². The zero-order chi connectivity index (χ0) is 24.5. The summed E-state index contributed by atoms with van der Waals surface area (Å²) in [6.45, 7) is 0. The molecule has 0 aliphatic rings. The third-order valence-corrected chi connectivity index (χ3v) is 7.81. The third-order valence-electron chi connectivity index (χ3n) is 4.85. The number of hydrogen-bond donors (Lipinski definition) is 3. The minimum atomic E-state index is -4.22. The lowest BCUT2D eigenvalue weighted by Crippen LogP contribution is -2.42. The fourth-order valence-corrected chi connectivity index (χ4v) is 5.55. The van der Waals surface area contributed by atoms with Crippen LogP contribution in [0.2, 0.25) is 0 Å². The monoisotopic (exact) mass is 504 g/mol. The highest BCUT2D eigenvalue weighted by Gasteiger charge is 2.28. The van der Waals surface area contributed by atoms with Gasteiger partial charge in [-0.1, -0.05) is 11.8 Å².